The van der Waals surface area contributed by atoms with E-state index in [0.29, 0.717) is 5.56 Å². The van der Waals surface area contributed by atoms with Gasteiger partial charge in [0.1, 0.15) is 18.0 Å². The third-order valence-electron chi connectivity index (χ3n) is 9.20. The van der Waals surface area contributed by atoms with Crippen LogP contribution >= 0.6 is 0 Å². The zero-order valence-corrected chi connectivity index (χ0v) is 27.2. The number of aryl methyl sites for hydroxylation is 1. The largest absolute Gasteiger partial charge is 0.406 e. The van der Waals surface area contributed by atoms with E-state index in [2.05, 4.69) is 78.0 Å². The van der Waals surface area contributed by atoms with Gasteiger partial charge in [0, 0.05) is 18.3 Å². The van der Waals surface area contributed by atoms with Crippen LogP contribution in [-0.2, 0) is 27.9 Å². The highest BCUT2D eigenvalue weighted by Crippen LogP contribution is 2.58. The van der Waals surface area contributed by atoms with Gasteiger partial charge in [-0.15, -0.1) is 0 Å². The predicted octanol–water partition coefficient (Wildman–Crippen LogP) is 2.55. The van der Waals surface area contributed by atoms with Gasteiger partial charge in [0.05, 0.1) is 0 Å². The Morgan fingerprint density at radius 1 is 1.05 bits per heavy atom. The summed E-state index contributed by atoms with van der Waals surface area (Å²) in [6.45, 7) is 22.5. The number of ether oxygens (including phenoxy) is 1. The van der Waals surface area contributed by atoms with Crippen molar-refractivity contribution in [1.29, 1.82) is 0 Å². The highest BCUT2D eigenvalue weighted by Gasteiger charge is 2.80. The second-order valence-corrected chi connectivity index (χ2v) is 25.0. The molecular weight excluding hydrogens is 547 g/mol. The molecule has 0 unspecified atom stereocenters. The van der Waals surface area contributed by atoms with Crippen LogP contribution < -0.4 is 16.6 Å². The second-order valence-electron chi connectivity index (χ2n) is 13.9. The Labute approximate surface area is 227 Å². The maximum Gasteiger partial charge on any atom is 0.330 e. The summed E-state index contributed by atoms with van der Waals surface area (Å²) in [5.41, 5.74) is -3.87. The number of rotatable bonds is 5. The van der Waals surface area contributed by atoms with Crippen molar-refractivity contribution in [2.75, 3.05) is 12.3 Å². The van der Waals surface area contributed by atoms with Gasteiger partial charge in [0.25, 0.3) is 15.7 Å². The molecule has 0 bridgehead atoms. The van der Waals surface area contributed by atoms with Crippen LogP contribution in [0.4, 0.5) is 0 Å². The molecule has 2 N–H and O–H groups in total. The lowest BCUT2D eigenvalue weighted by atomic mass is 9.86. The fraction of sp³-hybridized carbons (Fsp3) is 0.833. The summed E-state index contributed by atoms with van der Waals surface area (Å²) in [5.74, 6) is -0.407. The first-order chi connectivity index (χ1) is 17.0. The van der Waals surface area contributed by atoms with E-state index < -0.39 is 73.5 Å². The summed E-state index contributed by atoms with van der Waals surface area (Å²) in [6.07, 6.45) is -1.43. The number of hydrogen-bond acceptors (Lipinski definition) is 9. The topological polar surface area (TPSA) is 138 Å². The van der Waals surface area contributed by atoms with Crippen molar-refractivity contribution in [3.63, 3.8) is 0 Å². The lowest BCUT2D eigenvalue weighted by molar-refractivity contribution is -0.130. The Hall–Kier alpha value is -1.14. The Morgan fingerprint density at radius 2 is 1.63 bits per heavy atom. The van der Waals surface area contributed by atoms with Crippen LogP contribution in [0.3, 0.4) is 0 Å². The van der Waals surface area contributed by atoms with Crippen molar-refractivity contribution in [1.82, 2.24) is 14.9 Å². The van der Waals surface area contributed by atoms with E-state index in [9.17, 15) is 18.0 Å². The molecule has 3 aliphatic rings. The molecule has 1 spiro atoms. The highest BCUT2D eigenvalue weighted by atomic mass is 32.2. The second kappa shape index (κ2) is 8.68. The third kappa shape index (κ3) is 4.44. The summed E-state index contributed by atoms with van der Waals surface area (Å²) in [6, 6.07) is 0. The molecule has 3 aliphatic heterocycles. The predicted molar refractivity (Wildman–Crippen MR) is 149 cm³/mol. The molecule has 216 valence electrons. The molecule has 5 atom stereocenters. The molecule has 4 rings (SSSR count). The van der Waals surface area contributed by atoms with Crippen LogP contribution in [0.25, 0.3) is 0 Å². The molecule has 1 aromatic heterocycles. The summed E-state index contributed by atoms with van der Waals surface area (Å²) >= 11 is 0. The van der Waals surface area contributed by atoms with Crippen molar-refractivity contribution in [2.24, 2.45) is 0 Å². The number of aromatic amines is 1. The maximum atomic E-state index is 13.3. The molecule has 1 aromatic rings. The number of nitrogens with one attached hydrogen (secondary N) is 2. The zero-order valence-electron chi connectivity index (χ0n) is 24.3. The number of nitrogens with zero attached hydrogens (tertiary/aromatic N) is 1. The van der Waals surface area contributed by atoms with Crippen molar-refractivity contribution < 1.29 is 26.2 Å². The zero-order chi connectivity index (χ0) is 28.9. The van der Waals surface area contributed by atoms with Crippen molar-refractivity contribution in [3.8, 4) is 0 Å². The molecular formula is C24H43N3O8SSi2. The van der Waals surface area contributed by atoms with Crippen LogP contribution in [0.5, 0.6) is 0 Å². The smallest absolute Gasteiger partial charge is 0.330 e. The quantitative estimate of drug-likeness (QED) is 0.392. The number of H-pyrrole nitrogens is 1. The number of aromatic nitrogens is 2. The average molecular weight is 590 g/mol. The van der Waals surface area contributed by atoms with Crippen LogP contribution in [0, 0.1) is 6.92 Å². The molecule has 0 saturated carbocycles. The monoisotopic (exact) mass is 589 g/mol. The van der Waals surface area contributed by atoms with Crippen molar-refractivity contribution in [3.05, 3.63) is 32.6 Å². The molecule has 0 amide bonds. The van der Waals surface area contributed by atoms with E-state index in [1.807, 2.05) is 0 Å². The van der Waals surface area contributed by atoms with Gasteiger partial charge in [-0.05, 0) is 43.2 Å². The molecule has 0 aliphatic carbocycles. The first-order valence-corrected chi connectivity index (χ1v) is 20.4. The van der Waals surface area contributed by atoms with Gasteiger partial charge in [-0.3, -0.25) is 23.8 Å². The van der Waals surface area contributed by atoms with Crippen LogP contribution in [0.1, 0.15) is 53.3 Å². The third-order valence-corrected chi connectivity index (χ3v) is 19.4. The van der Waals surface area contributed by atoms with Crippen LogP contribution in [-0.4, -0.2) is 70.4 Å². The first kappa shape index (κ1) is 29.8. The average Bonchev–Trinajstić information content (AvgIpc) is 3.22. The maximum absolute atomic E-state index is 13.3. The van der Waals surface area contributed by atoms with Gasteiger partial charge in [-0.1, -0.05) is 41.5 Å². The molecule has 0 radical (unpaired) electrons. The van der Waals surface area contributed by atoms with Crippen LogP contribution in [0.2, 0.25) is 36.3 Å². The minimum absolute atomic E-state index is 0.226. The van der Waals surface area contributed by atoms with Gasteiger partial charge < -0.3 is 13.6 Å². The summed E-state index contributed by atoms with van der Waals surface area (Å²) in [4.78, 5) is 27.5. The number of hydrogen-bond donors (Lipinski definition) is 2. The minimum Gasteiger partial charge on any atom is -0.406 e. The Balaban J connectivity index is 1.96. The Bertz CT molecular complexity index is 1340. The van der Waals surface area contributed by atoms with E-state index in [-0.39, 0.29) is 16.6 Å². The van der Waals surface area contributed by atoms with Crippen molar-refractivity contribution in [2.45, 2.75) is 114 Å². The summed E-state index contributed by atoms with van der Waals surface area (Å²) in [7, 11) is -9.22. The van der Waals surface area contributed by atoms with Gasteiger partial charge in [-0.25, -0.2) is 4.79 Å². The van der Waals surface area contributed by atoms with Gasteiger partial charge in [0.2, 0.25) is 0 Å². The van der Waals surface area contributed by atoms with E-state index in [1.165, 1.54) is 10.8 Å². The lowest BCUT2D eigenvalue weighted by Crippen LogP contribution is -2.69. The summed E-state index contributed by atoms with van der Waals surface area (Å²) in [5, 5.41) is 2.87. The van der Waals surface area contributed by atoms with Gasteiger partial charge in [-0.2, -0.15) is 8.42 Å². The summed E-state index contributed by atoms with van der Waals surface area (Å²) < 4.78 is 54.3. The normalized spacial score (nSPS) is 33.4. The molecule has 3 saturated heterocycles. The van der Waals surface area contributed by atoms with Crippen LogP contribution in [0.15, 0.2) is 15.8 Å². The SMILES string of the molecule is Cc1cn([C@@H]2O[C@@H]3CN[C@@]4(O[Si](C)(C)C(C)(C)C)CS(=O)(=O)O[C@@]34[C@H]2O[Si](C)(C)C(C)(C)C)c(=O)[nH]c1=O. The van der Waals surface area contributed by atoms with E-state index in [0.717, 1.165) is 0 Å². The van der Waals surface area contributed by atoms with E-state index >= 15 is 0 Å². The first-order valence-electron chi connectivity index (χ1n) is 13.0. The highest BCUT2D eigenvalue weighted by molar-refractivity contribution is 7.87. The van der Waals surface area contributed by atoms with E-state index in [4.69, 9.17) is 17.8 Å². The van der Waals surface area contributed by atoms with Gasteiger partial charge in [0.15, 0.2) is 34.2 Å². The minimum atomic E-state index is -4.05. The standard InChI is InChI=1S/C24H43N3O8SSi2/c1-15-13-27(20(29)26-18(15)28)19-17(33-37(8,9)21(2,3)4)24-16(32-19)12-25-23(24,14-36(30,31)34-24)35-38(10,11)22(5,6)7/h13,16-17,19,25H,12,14H2,1-11H3,(H,26,28,29)/t16-,17+,19-,23-,24-/m1/s1. The lowest BCUT2D eigenvalue weighted by Gasteiger charge is -2.49. The van der Waals surface area contributed by atoms with E-state index in [1.54, 1.807) is 6.92 Å². The molecule has 14 heteroatoms. The Kier molecular flexibility index (Phi) is 6.82. The van der Waals surface area contributed by atoms with Crippen molar-refractivity contribution >= 4 is 26.8 Å². The molecule has 38 heavy (non-hydrogen) atoms. The Morgan fingerprint density at radius 3 is 2.18 bits per heavy atom. The van der Waals surface area contributed by atoms with Gasteiger partial charge >= 0.3 is 5.69 Å². The molecule has 0 aromatic carbocycles. The fourth-order valence-electron chi connectivity index (χ4n) is 5.00. The molecule has 3 fully saturated rings. The molecule has 11 nitrogen and oxygen atoms in total. The fourth-order valence-corrected chi connectivity index (χ4v) is 9.57. The molecule has 4 heterocycles.